The molecule has 3 heteroatoms. The highest BCUT2D eigenvalue weighted by Crippen LogP contribution is 2.21. The molecule has 1 unspecified atom stereocenters. The standard InChI is InChI=1S/C18H25NO2/c1-18(2,9-10-20)13-19-12-17(21)16-8-7-14-5-3-4-6-15(14)11-16/h3-8,11,17,19-21H,9-10,12-13H2,1-2H3. The van der Waals surface area contributed by atoms with Crippen LogP contribution in [-0.2, 0) is 0 Å². The summed E-state index contributed by atoms with van der Waals surface area (Å²) in [5.41, 5.74) is 0.971. The van der Waals surface area contributed by atoms with Crippen molar-refractivity contribution in [1.29, 1.82) is 0 Å². The summed E-state index contributed by atoms with van der Waals surface area (Å²) < 4.78 is 0. The van der Waals surface area contributed by atoms with Crippen LogP contribution >= 0.6 is 0 Å². The maximum absolute atomic E-state index is 10.3. The van der Waals surface area contributed by atoms with Gasteiger partial charge < -0.3 is 15.5 Å². The molecule has 2 rings (SSSR count). The predicted octanol–water partition coefficient (Wildman–Crippen LogP) is 2.87. The second kappa shape index (κ2) is 7.03. The first-order chi connectivity index (χ1) is 10.0. The molecule has 0 saturated carbocycles. The largest absolute Gasteiger partial charge is 0.396 e. The highest BCUT2D eigenvalue weighted by atomic mass is 16.3. The number of nitrogens with one attached hydrogen (secondary N) is 1. The smallest absolute Gasteiger partial charge is 0.0914 e. The third-order valence-electron chi connectivity index (χ3n) is 3.89. The summed E-state index contributed by atoms with van der Waals surface area (Å²) in [6.45, 7) is 5.71. The first-order valence-electron chi connectivity index (χ1n) is 7.50. The SMILES string of the molecule is CC(C)(CCO)CNCC(O)c1ccc2ccccc2c1. The fraction of sp³-hybridized carbons (Fsp3) is 0.444. The van der Waals surface area contributed by atoms with Gasteiger partial charge in [0.05, 0.1) is 6.10 Å². The molecule has 0 aliphatic carbocycles. The Bertz CT molecular complexity index is 580. The van der Waals surface area contributed by atoms with E-state index < -0.39 is 6.10 Å². The van der Waals surface area contributed by atoms with Gasteiger partial charge in [-0.2, -0.15) is 0 Å². The number of fused-ring (bicyclic) bond motifs is 1. The van der Waals surface area contributed by atoms with E-state index in [1.807, 2.05) is 30.3 Å². The lowest BCUT2D eigenvalue weighted by atomic mass is 9.89. The Hall–Kier alpha value is -1.42. The molecule has 3 nitrogen and oxygen atoms in total. The van der Waals surface area contributed by atoms with Gasteiger partial charge in [0.2, 0.25) is 0 Å². The molecule has 0 amide bonds. The fourth-order valence-electron chi connectivity index (χ4n) is 2.47. The molecule has 0 fully saturated rings. The van der Waals surface area contributed by atoms with Crippen LogP contribution in [0.1, 0.15) is 31.9 Å². The lowest BCUT2D eigenvalue weighted by molar-refractivity contribution is 0.161. The van der Waals surface area contributed by atoms with Crippen LogP contribution in [0.15, 0.2) is 42.5 Å². The minimum atomic E-state index is -0.514. The normalized spacial score (nSPS) is 13.5. The van der Waals surface area contributed by atoms with Gasteiger partial charge in [0.15, 0.2) is 0 Å². The van der Waals surface area contributed by atoms with Crippen molar-refractivity contribution >= 4 is 10.8 Å². The molecule has 0 aliphatic rings. The summed E-state index contributed by atoms with van der Waals surface area (Å²) in [6, 6.07) is 14.2. The molecule has 0 saturated heterocycles. The number of aliphatic hydroxyl groups excluding tert-OH is 2. The van der Waals surface area contributed by atoms with Crippen molar-refractivity contribution in [3.63, 3.8) is 0 Å². The molecular formula is C18H25NO2. The van der Waals surface area contributed by atoms with Crippen molar-refractivity contribution in [3.8, 4) is 0 Å². The Morgan fingerprint density at radius 3 is 2.52 bits per heavy atom. The Morgan fingerprint density at radius 1 is 1.10 bits per heavy atom. The molecule has 0 radical (unpaired) electrons. The number of aliphatic hydroxyl groups is 2. The summed E-state index contributed by atoms with van der Waals surface area (Å²) in [5, 5.41) is 24.9. The maximum Gasteiger partial charge on any atom is 0.0914 e. The van der Waals surface area contributed by atoms with Gasteiger partial charge in [-0.05, 0) is 34.2 Å². The highest BCUT2D eigenvalue weighted by Gasteiger charge is 2.17. The Balaban J connectivity index is 1.94. The van der Waals surface area contributed by atoms with E-state index in [1.54, 1.807) is 0 Å². The summed E-state index contributed by atoms with van der Waals surface area (Å²) >= 11 is 0. The topological polar surface area (TPSA) is 52.5 Å². The van der Waals surface area contributed by atoms with E-state index in [0.717, 1.165) is 23.9 Å². The Kier molecular flexibility index (Phi) is 5.34. The number of rotatable bonds is 7. The first kappa shape index (κ1) is 16.0. The zero-order chi connectivity index (χ0) is 15.3. The van der Waals surface area contributed by atoms with Crippen LogP contribution in [0, 0.1) is 5.41 Å². The fourth-order valence-corrected chi connectivity index (χ4v) is 2.47. The number of benzene rings is 2. The minimum Gasteiger partial charge on any atom is -0.396 e. The monoisotopic (exact) mass is 287 g/mol. The van der Waals surface area contributed by atoms with Crippen LogP contribution in [0.2, 0.25) is 0 Å². The minimum absolute atomic E-state index is 0.0395. The zero-order valence-corrected chi connectivity index (χ0v) is 12.8. The van der Waals surface area contributed by atoms with Crippen molar-refractivity contribution in [3.05, 3.63) is 48.0 Å². The summed E-state index contributed by atoms with van der Waals surface area (Å²) in [7, 11) is 0. The molecule has 114 valence electrons. The molecule has 0 spiro atoms. The van der Waals surface area contributed by atoms with Crippen LogP contribution < -0.4 is 5.32 Å². The van der Waals surface area contributed by atoms with Crippen molar-refractivity contribution in [2.75, 3.05) is 19.7 Å². The first-order valence-corrected chi connectivity index (χ1v) is 7.50. The summed E-state index contributed by atoms with van der Waals surface area (Å²) in [6.07, 6.45) is 0.242. The van der Waals surface area contributed by atoms with E-state index in [-0.39, 0.29) is 12.0 Å². The van der Waals surface area contributed by atoms with E-state index in [0.29, 0.717) is 6.54 Å². The number of hydrogen-bond acceptors (Lipinski definition) is 3. The molecule has 0 heterocycles. The van der Waals surface area contributed by atoms with Gasteiger partial charge in [0.25, 0.3) is 0 Å². The molecule has 21 heavy (non-hydrogen) atoms. The molecule has 0 aliphatic heterocycles. The highest BCUT2D eigenvalue weighted by molar-refractivity contribution is 5.83. The van der Waals surface area contributed by atoms with Crippen LogP contribution in [-0.4, -0.2) is 29.9 Å². The Labute approximate surface area is 126 Å². The van der Waals surface area contributed by atoms with Gasteiger partial charge >= 0.3 is 0 Å². The van der Waals surface area contributed by atoms with Crippen LogP contribution in [0.4, 0.5) is 0 Å². The second-order valence-electron chi connectivity index (χ2n) is 6.39. The van der Waals surface area contributed by atoms with Gasteiger partial charge in [-0.25, -0.2) is 0 Å². The zero-order valence-electron chi connectivity index (χ0n) is 12.8. The molecule has 0 aromatic heterocycles. The third kappa shape index (κ3) is 4.53. The van der Waals surface area contributed by atoms with E-state index in [1.165, 1.54) is 5.39 Å². The van der Waals surface area contributed by atoms with Gasteiger partial charge in [-0.1, -0.05) is 50.2 Å². The van der Waals surface area contributed by atoms with Crippen LogP contribution in [0.5, 0.6) is 0 Å². The van der Waals surface area contributed by atoms with Crippen molar-refractivity contribution in [1.82, 2.24) is 5.32 Å². The van der Waals surface area contributed by atoms with Gasteiger partial charge in [0.1, 0.15) is 0 Å². The lowest BCUT2D eigenvalue weighted by Crippen LogP contribution is -2.32. The summed E-state index contributed by atoms with van der Waals surface area (Å²) in [4.78, 5) is 0. The third-order valence-corrected chi connectivity index (χ3v) is 3.89. The van der Waals surface area contributed by atoms with Crippen molar-refractivity contribution < 1.29 is 10.2 Å². The molecule has 2 aromatic carbocycles. The quantitative estimate of drug-likeness (QED) is 0.734. The van der Waals surface area contributed by atoms with E-state index >= 15 is 0 Å². The number of hydrogen-bond donors (Lipinski definition) is 3. The summed E-state index contributed by atoms with van der Waals surface area (Å²) in [5.74, 6) is 0. The molecule has 2 aromatic rings. The van der Waals surface area contributed by atoms with Crippen molar-refractivity contribution in [2.45, 2.75) is 26.4 Å². The van der Waals surface area contributed by atoms with E-state index in [4.69, 9.17) is 5.11 Å². The average molecular weight is 287 g/mol. The molecule has 3 N–H and O–H groups in total. The van der Waals surface area contributed by atoms with Crippen LogP contribution in [0.25, 0.3) is 10.8 Å². The maximum atomic E-state index is 10.3. The van der Waals surface area contributed by atoms with Gasteiger partial charge in [-0.15, -0.1) is 0 Å². The molecule has 0 bridgehead atoms. The lowest BCUT2D eigenvalue weighted by Gasteiger charge is -2.25. The molecular weight excluding hydrogens is 262 g/mol. The second-order valence-corrected chi connectivity index (χ2v) is 6.39. The Morgan fingerprint density at radius 2 is 1.81 bits per heavy atom. The molecule has 1 atom stereocenters. The van der Waals surface area contributed by atoms with Gasteiger partial charge in [-0.3, -0.25) is 0 Å². The predicted molar refractivity (Wildman–Crippen MR) is 87.3 cm³/mol. The van der Waals surface area contributed by atoms with E-state index in [9.17, 15) is 5.11 Å². The van der Waals surface area contributed by atoms with Crippen LogP contribution in [0.3, 0.4) is 0 Å². The van der Waals surface area contributed by atoms with Crippen molar-refractivity contribution in [2.24, 2.45) is 5.41 Å². The van der Waals surface area contributed by atoms with Gasteiger partial charge in [0, 0.05) is 19.7 Å². The average Bonchev–Trinajstić information content (AvgIpc) is 2.46. The van der Waals surface area contributed by atoms with E-state index in [2.05, 4.69) is 31.3 Å².